The zero-order valence-electron chi connectivity index (χ0n) is 10.2. The predicted molar refractivity (Wildman–Crippen MR) is 61.5 cm³/mol. The summed E-state index contributed by atoms with van der Waals surface area (Å²) < 4.78 is 1.75. The number of amides is 1. The molecular formula is C11H16N4O3. The van der Waals surface area contributed by atoms with E-state index in [0.717, 1.165) is 13.0 Å². The van der Waals surface area contributed by atoms with Gasteiger partial charge in [-0.15, -0.1) is 0 Å². The maximum Gasteiger partial charge on any atom is 0.308 e. The Balaban J connectivity index is 2.03. The van der Waals surface area contributed by atoms with Gasteiger partial charge in [-0.3, -0.25) is 9.59 Å². The van der Waals surface area contributed by atoms with Crippen LogP contribution >= 0.6 is 0 Å². The van der Waals surface area contributed by atoms with Gasteiger partial charge >= 0.3 is 5.97 Å². The molecule has 1 atom stereocenters. The molecule has 2 rings (SSSR count). The molecule has 1 amide bonds. The van der Waals surface area contributed by atoms with Gasteiger partial charge in [-0.25, -0.2) is 9.67 Å². The highest BCUT2D eigenvalue weighted by Crippen LogP contribution is 2.19. The lowest BCUT2D eigenvalue weighted by Gasteiger charge is -2.15. The van der Waals surface area contributed by atoms with Crippen molar-refractivity contribution in [1.82, 2.24) is 19.7 Å². The molecule has 7 heteroatoms. The lowest BCUT2D eigenvalue weighted by Crippen LogP contribution is -2.27. The van der Waals surface area contributed by atoms with Gasteiger partial charge in [0, 0.05) is 19.5 Å². The van der Waals surface area contributed by atoms with E-state index in [1.165, 1.54) is 11.2 Å². The van der Waals surface area contributed by atoms with Crippen LogP contribution in [0.2, 0.25) is 0 Å². The van der Waals surface area contributed by atoms with Gasteiger partial charge in [0.25, 0.3) is 0 Å². The number of rotatable bonds is 5. The molecule has 0 aliphatic carbocycles. The van der Waals surface area contributed by atoms with Gasteiger partial charge in [0.15, 0.2) is 0 Å². The minimum absolute atomic E-state index is 0.0806. The van der Waals surface area contributed by atoms with Gasteiger partial charge < -0.3 is 10.0 Å². The Morgan fingerprint density at radius 3 is 3.00 bits per heavy atom. The van der Waals surface area contributed by atoms with E-state index in [-0.39, 0.29) is 18.9 Å². The van der Waals surface area contributed by atoms with E-state index in [2.05, 4.69) is 10.1 Å². The van der Waals surface area contributed by atoms with E-state index in [1.807, 2.05) is 6.92 Å². The topological polar surface area (TPSA) is 88.3 Å². The van der Waals surface area contributed by atoms with Crippen molar-refractivity contribution < 1.29 is 14.7 Å². The Morgan fingerprint density at radius 2 is 2.39 bits per heavy atom. The Bertz CT molecular complexity index is 457. The number of hydrogen-bond acceptors (Lipinski definition) is 4. The van der Waals surface area contributed by atoms with Crippen LogP contribution in [0, 0.1) is 5.92 Å². The summed E-state index contributed by atoms with van der Waals surface area (Å²) in [4.78, 5) is 28.2. The first-order valence-corrected chi connectivity index (χ1v) is 5.99. The third-order valence-corrected chi connectivity index (χ3v) is 3.03. The smallest absolute Gasteiger partial charge is 0.308 e. The number of hydrogen-bond donors (Lipinski definition) is 1. The monoisotopic (exact) mass is 252 g/mol. The molecule has 0 saturated carbocycles. The number of likely N-dealkylation sites (tertiary alicyclic amines) is 1. The van der Waals surface area contributed by atoms with Gasteiger partial charge in [-0.2, -0.15) is 5.10 Å². The number of aliphatic carboxylic acids is 1. The number of aryl methyl sites for hydroxylation is 1. The van der Waals surface area contributed by atoms with Crippen molar-refractivity contribution >= 4 is 11.9 Å². The van der Waals surface area contributed by atoms with Crippen molar-refractivity contribution in [3.8, 4) is 0 Å². The Kier molecular flexibility index (Phi) is 3.59. The van der Waals surface area contributed by atoms with Crippen LogP contribution in [0.5, 0.6) is 0 Å². The van der Waals surface area contributed by atoms with Gasteiger partial charge in [-0.1, -0.05) is 6.92 Å². The van der Waals surface area contributed by atoms with Crippen LogP contribution in [0.25, 0.3) is 0 Å². The fourth-order valence-electron chi connectivity index (χ4n) is 2.07. The van der Waals surface area contributed by atoms with Crippen LogP contribution in [-0.4, -0.2) is 43.2 Å². The third-order valence-electron chi connectivity index (χ3n) is 3.03. The minimum Gasteiger partial charge on any atom is -0.481 e. The molecule has 0 spiro atoms. The van der Waals surface area contributed by atoms with Crippen LogP contribution < -0.4 is 0 Å². The van der Waals surface area contributed by atoms with E-state index in [0.29, 0.717) is 12.4 Å². The van der Waals surface area contributed by atoms with Crippen molar-refractivity contribution in [2.75, 3.05) is 6.54 Å². The predicted octanol–water partition coefficient (Wildman–Crippen LogP) is 0.121. The standard InChI is InChI=1S/C11H16N4O3/c1-2-3-15-9(12-7-13-15)6-14-5-8(11(17)18)4-10(14)16/h7-8H,2-6H2,1H3,(H,17,18). The van der Waals surface area contributed by atoms with E-state index >= 15 is 0 Å². The van der Waals surface area contributed by atoms with E-state index < -0.39 is 11.9 Å². The first-order chi connectivity index (χ1) is 8.61. The lowest BCUT2D eigenvalue weighted by atomic mass is 10.1. The van der Waals surface area contributed by atoms with Gasteiger partial charge in [-0.05, 0) is 6.42 Å². The highest BCUT2D eigenvalue weighted by Gasteiger charge is 2.34. The van der Waals surface area contributed by atoms with Crippen molar-refractivity contribution in [2.45, 2.75) is 32.9 Å². The van der Waals surface area contributed by atoms with Crippen molar-refractivity contribution in [2.24, 2.45) is 5.92 Å². The average Bonchev–Trinajstić information content (AvgIpc) is 2.89. The highest BCUT2D eigenvalue weighted by atomic mass is 16.4. The average molecular weight is 252 g/mol. The SMILES string of the molecule is CCCn1ncnc1CN1CC(C(=O)O)CC1=O. The van der Waals surface area contributed by atoms with Gasteiger partial charge in [0.1, 0.15) is 12.2 Å². The zero-order chi connectivity index (χ0) is 13.1. The second-order valence-electron chi connectivity index (χ2n) is 4.41. The molecule has 1 aliphatic rings. The molecule has 1 aliphatic heterocycles. The molecule has 0 aromatic carbocycles. The lowest BCUT2D eigenvalue weighted by molar-refractivity contribution is -0.141. The number of carbonyl (C=O) groups excluding carboxylic acids is 1. The molecule has 1 fully saturated rings. The summed E-state index contributed by atoms with van der Waals surface area (Å²) >= 11 is 0. The fraction of sp³-hybridized carbons (Fsp3) is 0.636. The first-order valence-electron chi connectivity index (χ1n) is 5.99. The van der Waals surface area contributed by atoms with E-state index in [1.54, 1.807) is 4.68 Å². The van der Waals surface area contributed by atoms with Crippen molar-refractivity contribution in [3.63, 3.8) is 0 Å². The fourth-order valence-corrected chi connectivity index (χ4v) is 2.07. The maximum atomic E-state index is 11.7. The molecule has 0 bridgehead atoms. The number of carboxylic acid groups (broad SMARTS) is 1. The van der Waals surface area contributed by atoms with Gasteiger partial charge in [0.2, 0.25) is 5.91 Å². The molecule has 98 valence electrons. The second-order valence-corrected chi connectivity index (χ2v) is 4.41. The number of nitrogens with zero attached hydrogens (tertiary/aromatic N) is 4. The summed E-state index contributed by atoms with van der Waals surface area (Å²) in [7, 11) is 0. The van der Waals surface area contributed by atoms with Crippen LogP contribution in [-0.2, 0) is 22.7 Å². The van der Waals surface area contributed by atoms with Crippen LogP contribution in [0.1, 0.15) is 25.6 Å². The molecule has 1 N–H and O–H groups in total. The largest absolute Gasteiger partial charge is 0.481 e. The van der Waals surface area contributed by atoms with Gasteiger partial charge in [0.05, 0.1) is 12.5 Å². The molecule has 18 heavy (non-hydrogen) atoms. The summed E-state index contributed by atoms with van der Waals surface area (Å²) in [5.74, 6) is -0.939. The van der Waals surface area contributed by atoms with E-state index in [9.17, 15) is 9.59 Å². The quantitative estimate of drug-likeness (QED) is 0.804. The summed E-state index contributed by atoms with van der Waals surface area (Å²) in [6.45, 7) is 3.38. The Morgan fingerprint density at radius 1 is 1.61 bits per heavy atom. The first kappa shape index (κ1) is 12.5. The van der Waals surface area contributed by atoms with Crippen molar-refractivity contribution in [3.05, 3.63) is 12.2 Å². The number of aromatic nitrogens is 3. The zero-order valence-corrected chi connectivity index (χ0v) is 10.2. The third kappa shape index (κ3) is 2.49. The summed E-state index contributed by atoms with van der Waals surface area (Å²) in [5, 5.41) is 13.0. The summed E-state index contributed by atoms with van der Waals surface area (Å²) in [6, 6.07) is 0. The van der Waals surface area contributed by atoms with Crippen LogP contribution in [0.3, 0.4) is 0 Å². The molecule has 2 heterocycles. The second kappa shape index (κ2) is 5.16. The number of carboxylic acids is 1. The minimum atomic E-state index is -0.916. The molecule has 0 radical (unpaired) electrons. The summed E-state index contributed by atoms with van der Waals surface area (Å²) in [6.07, 6.45) is 2.47. The number of carbonyl (C=O) groups is 2. The van der Waals surface area contributed by atoms with Crippen LogP contribution in [0.4, 0.5) is 0 Å². The molecule has 7 nitrogen and oxygen atoms in total. The molecule has 1 aromatic rings. The Hall–Kier alpha value is -1.92. The molecule has 1 aromatic heterocycles. The normalized spacial score (nSPS) is 19.5. The van der Waals surface area contributed by atoms with Crippen LogP contribution in [0.15, 0.2) is 6.33 Å². The Labute approximate surface area is 104 Å². The molecule has 1 unspecified atom stereocenters. The maximum absolute atomic E-state index is 11.7. The molecular weight excluding hydrogens is 236 g/mol. The van der Waals surface area contributed by atoms with E-state index in [4.69, 9.17) is 5.11 Å². The van der Waals surface area contributed by atoms with Crippen molar-refractivity contribution in [1.29, 1.82) is 0 Å². The highest BCUT2D eigenvalue weighted by molar-refractivity contribution is 5.85. The molecule has 1 saturated heterocycles. The summed E-state index contributed by atoms with van der Waals surface area (Å²) in [5.41, 5.74) is 0.